The van der Waals surface area contributed by atoms with Gasteiger partial charge >= 0.3 is 0 Å². The van der Waals surface area contributed by atoms with E-state index in [1.54, 1.807) is 37.6 Å². The summed E-state index contributed by atoms with van der Waals surface area (Å²) in [5.74, 6) is 0.242. The van der Waals surface area contributed by atoms with Gasteiger partial charge in [-0.05, 0) is 36.5 Å². The molecule has 2 aromatic heterocycles. The van der Waals surface area contributed by atoms with Crippen LogP contribution in [0, 0.1) is 5.92 Å². The Kier molecular flexibility index (Phi) is 6.89. The zero-order valence-electron chi connectivity index (χ0n) is 16.8. The predicted molar refractivity (Wildman–Crippen MR) is 116 cm³/mol. The highest BCUT2D eigenvalue weighted by Gasteiger charge is 2.29. The summed E-state index contributed by atoms with van der Waals surface area (Å²) in [7, 11) is -1.64. The third-order valence-electron chi connectivity index (χ3n) is 4.83. The molecule has 10 heteroatoms. The highest BCUT2D eigenvalue weighted by molar-refractivity contribution is 7.91. The van der Waals surface area contributed by atoms with Crippen molar-refractivity contribution in [3.63, 3.8) is 0 Å². The number of aromatic nitrogens is 1. The second-order valence-corrected chi connectivity index (χ2v) is 10.3. The fourth-order valence-corrected chi connectivity index (χ4v) is 5.39. The molecule has 8 nitrogen and oxygen atoms in total. The van der Waals surface area contributed by atoms with Gasteiger partial charge in [0.25, 0.3) is 10.0 Å². The Bertz CT molecular complexity index is 906. The maximum absolute atomic E-state index is 12.7. The van der Waals surface area contributed by atoms with Crippen molar-refractivity contribution in [3.05, 3.63) is 35.8 Å². The summed E-state index contributed by atoms with van der Waals surface area (Å²) in [6, 6.07) is 5.96. The number of nitrogens with one attached hydrogen (secondary N) is 2. The van der Waals surface area contributed by atoms with Crippen molar-refractivity contribution >= 4 is 38.8 Å². The van der Waals surface area contributed by atoms with Crippen LogP contribution in [-0.4, -0.2) is 63.5 Å². The maximum atomic E-state index is 12.7. The van der Waals surface area contributed by atoms with Gasteiger partial charge in [0.2, 0.25) is 5.91 Å². The zero-order chi connectivity index (χ0) is 21.0. The first-order valence-electron chi connectivity index (χ1n) is 9.52. The van der Waals surface area contributed by atoms with Crippen LogP contribution in [0.5, 0.6) is 0 Å². The summed E-state index contributed by atoms with van der Waals surface area (Å²) in [6.07, 6.45) is 1.61. The molecular weight excluding hydrogens is 410 g/mol. The van der Waals surface area contributed by atoms with Crippen molar-refractivity contribution in [3.8, 4) is 0 Å². The van der Waals surface area contributed by atoms with Gasteiger partial charge in [0.05, 0.1) is 11.9 Å². The Morgan fingerprint density at radius 2 is 1.90 bits per heavy atom. The van der Waals surface area contributed by atoms with Crippen LogP contribution in [0.3, 0.4) is 0 Å². The van der Waals surface area contributed by atoms with Gasteiger partial charge in [-0.25, -0.2) is 13.4 Å². The minimum absolute atomic E-state index is 0.189. The van der Waals surface area contributed by atoms with Crippen LogP contribution in [-0.2, 0) is 14.8 Å². The molecule has 0 radical (unpaired) electrons. The van der Waals surface area contributed by atoms with E-state index in [1.165, 1.54) is 6.07 Å². The van der Waals surface area contributed by atoms with Crippen LogP contribution in [0.1, 0.15) is 13.8 Å². The Balaban J connectivity index is 1.65. The minimum Gasteiger partial charge on any atom is -0.354 e. The SMILES string of the molecule is CC(C)[C@@H](NS(=O)(=O)c1cccs1)C(=O)Nc1ccc(N2CCN(C)CC2)nc1. The molecule has 1 atom stereocenters. The smallest absolute Gasteiger partial charge is 0.250 e. The summed E-state index contributed by atoms with van der Waals surface area (Å²) < 4.78 is 27.7. The fraction of sp³-hybridized carbons (Fsp3) is 0.474. The number of rotatable bonds is 7. The lowest BCUT2D eigenvalue weighted by Gasteiger charge is -2.33. The molecule has 0 bridgehead atoms. The molecule has 3 heterocycles. The number of anilines is 2. The van der Waals surface area contributed by atoms with Gasteiger partial charge < -0.3 is 15.1 Å². The number of nitrogens with zero attached hydrogens (tertiary/aromatic N) is 3. The molecule has 2 aromatic rings. The number of carbonyl (C=O) groups excluding carboxylic acids is 1. The first-order valence-corrected chi connectivity index (χ1v) is 11.9. The van der Waals surface area contributed by atoms with Crippen LogP contribution < -0.4 is 14.9 Å². The molecule has 3 rings (SSSR count). The van der Waals surface area contributed by atoms with E-state index in [2.05, 4.69) is 31.9 Å². The number of hydrogen-bond donors (Lipinski definition) is 2. The first kappa shape index (κ1) is 21.7. The van der Waals surface area contributed by atoms with Gasteiger partial charge in [-0.3, -0.25) is 4.79 Å². The van der Waals surface area contributed by atoms with Crippen molar-refractivity contribution in [2.24, 2.45) is 5.92 Å². The standard InChI is InChI=1S/C19H27N5O3S2/c1-14(2)18(22-29(26,27)17-5-4-12-28-17)19(25)21-15-6-7-16(20-13-15)24-10-8-23(3)9-11-24/h4-7,12-14,18,22H,8-11H2,1-3H3,(H,21,25)/t18-/m1/s1. The van der Waals surface area contributed by atoms with E-state index >= 15 is 0 Å². The topological polar surface area (TPSA) is 94.6 Å². The van der Waals surface area contributed by atoms with Gasteiger partial charge in [0.15, 0.2) is 0 Å². The van der Waals surface area contributed by atoms with Crippen LogP contribution in [0.4, 0.5) is 11.5 Å². The molecule has 0 spiro atoms. The highest BCUT2D eigenvalue weighted by Crippen LogP contribution is 2.19. The number of thiophene rings is 1. The first-order chi connectivity index (χ1) is 13.8. The monoisotopic (exact) mass is 437 g/mol. The van der Waals surface area contributed by atoms with Crippen LogP contribution in [0.15, 0.2) is 40.1 Å². The average Bonchev–Trinajstić information content (AvgIpc) is 3.23. The summed E-state index contributed by atoms with van der Waals surface area (Å²) in [5.41, 5.74) is 0.536. The zero-order valence-corrected chi connectivity index (χ0v) is 18.5. The quantitative estimate of drug-likeness (QED) is 0.686. The lowest BCUT2D eigenvalue weighted by atomic mass is 10.1. The number of likely N-dealkylation sites (N-methyl/N-ethyl adjacent to an activating group) is 1. The van der Waals surface area contributed by atoms with E-state index in [9.17, 15) is 13.2 Å². The van der Waals surface area contributed by atoms with E-state index in [4.69, 9.17) is 0 Å². The molecular formula is C19H27N5O3S2. The van der Waals surface area contributed by atoms with E-state index in [1.807, 2.05) is 6.07 Å². The van der Waals surface area contributed by atoms with E-state index < -0.39 is 22.0 Å². The molecule has 0 aromatic carbocycles. The summed E-state index contributed by atoms with van der Waals surface area (Å²) in [5, 5.41) is 4.46. The largest absolute Gasteiger partial charge is 0.354 e. The number of hydrogen-bond acceptors (Lipinski definition) is 7. The Hall–Kier alpha value is -2.01. The average molecular weight is 438 g/mol. The van der Waals surface area contributed by atoms with Gasteiger partial charge in [-0.15, -0.1) is 11.3 Å². The fourth-order valence-electron chi connectivity index (χ4n) is 3.04. The van der Waals surface area contributed by atoms with E-state index in [-0.39, 0.29) is 10.1 Å². The van der Waals surface area contributed by atoms with Crippen molar-refractivity contribution in [1.29, 1.82) is 0 Å². The minimum atomic E-state index is -3.74. The molecule has 1 amide bonds. The lowest BCUT2D eigenvalue weighted by Crippen LogP contribution is -2.46. The van der Waals surface area contributed by atoms with Crippen molar-refractivity contribution in [2.45, 2.75) is 24.1 Å². The Labute approximate surface area is 176 Å². The predicted octanol–water partition coefficient (Wildman–Crippen LogP) is 1.84. The Morgan fingerprint density at radius 1 is 1.17 bits per heavy atom. The third-order valence-corrected chi connectivity index (χ3v) is 7.67. The molecule has 0 aliphatic carbocycles. The summed E-state index contributed by atoms with van der Waals surface area (Å²) >= 11 is 1.11. The third kappa shape index (κ3) is 5.53. The molecule has 0 saturated carbocycles. The number of sulfonamides is 1. The Morgan fingerprint density at radius 3 is 2.45 bits per heavy atom. The molecule has 1 saturated heterocycles. The van der Waals surface area contributed by atoms with Crippen molar-refractivity contribution < 1.29 is 13.2 Å². The van der Waals surface area contributed by atoms with E-state index in [0.717, 1.165) is 43.3 Å². The summed E-state index contributed by atoms with van der Waals surface area (Å²) in [6.45, 7) is 7.40. The molecule has 0 unspecified atom stereocenters. The van der Waals surface area contributed by atoms with Gasteiger partial charge in [0.1, 0.15) is 16.1 Å². The number of piperazine rings is 1. The summed E-state index contributed by atoms with van der Waals surface area (Å²) in [4.78, 5) is 21.7. The number of amides is 1. The van der Waals surface area contributed by atoms with Crippen molar-refractivity contribution in [2.75, 3.05) is 43.4 Å². The maximum Gasteiger partial charge on any atom is 0.250 e. The van der Waals surface area contributed by atoms with Crippen molar-refractivity contribution in [1.82, 2.24) is 14.6 Å². The van der Waals surface area contributed by atoms with Gasteiger partial charge in [-0.1, -0.05) is 19.9 Å². The molecule has 2 N–H and O–H groups in total. The lowest BCUT2D eigenvalue weighted by molar-refractivity contribution is -0.118. The second-order valence-electron chi connectivity index (χ2n) is 7.46. The number of carbonyl (C=O) groups is 1. The molecule has 29 heavy (non-hydrogen) atoms. The number of pyridine rings is 1. The van der Waals surface area contributed by atoms with Crippen LogP contribution in [0.25, 0.3) is 0 Å². The van der Waals surface area contributed by atoms with E-state index in [0.29, 0.717) is 5.69 Å². The van der Waals surface area contributed by atoms with Crippen LogP contribution >= 0.6 is 11.3 Å². The second kappa shape index (κ2) is 9.21. The molecule has 1 fully saturated rings. The molecule has 158 valence electrons. The normalized spacial score (nSPS) is 16.8. The molecule has 1 aliphatic heterocycles. The van der Waals surface area contributed by atoms with Crippen LogP contribution in [0.2, 0.25) is 0 Å². The van der Waals surface area contributed by atoms with Gasteiger partial charge in [0, 0.05) is 26.2 Å². The highest BCUT2D eigenvalue weighted by atomic mass is 32.2. The van der Waals surface area contributed by atoms with Gasteiger partial charge in [-0.2, -0.15) is 4.72 Å². The molecule has 1 aliphatic rings.